The molecule has 0 aliphatic rings. The standard InChI is InChI=1S/C12H9ClS/c13-12-4-2-1-3-11(12)9-5-7-10(14)8-6-9/h1-8,14H. The van der Waals surface area contributed by atoms with Crippen LogP contribution in [0.1, 0.15) is 0 Å². The van der Waals surface area contributed by atoms with Crippen molar-refractivity contribution in [2.45, 2.75) is 4.90 Å². The predicted molar refractivity (Wildman–Crippen MR) is 64.1 cm³/mol. The molecule has 0 saturated heterocycles. The Hall–Kier alpha value is -0.920. The van der Waals surface area contributed by atoms with Crippen LogP contribution in [0.2, 0.25) is 5.02 Å². The third-order valence-electron chi connectivity index (χ3n) is 2.05. The van der Waals surface area contributed by atoms with E-state index in [1.807, 2.05) is 48.5 Å². The van der Waals surface area contributed by atoms with Gasteiger partial charge in [-0.15, -0.1) is 12.6 Å². The quantitative estimate of drug-likeness (QED) is 0.681. The molecule has 0 aliphatic carbocycles. The summed E-state index contributed by atoms with van der Waals surface area (Å²) in [6, 6.07) is 15.8. The van der Waals surface area contributed by atoms with E-state index < -0.39 is 0 Å². The zero-order valence-corrected chi connectivity index (χ0v) is 9.09. The lowest BCUT2D eigenvalue weighted by Crippen LogP contribution is -1.78. The van der Waals surface area contributed by atoms with Gasteiger partial charge in [-0.25, -0.2) is 0 Å². The Morgan fingerprint density at radius 1 is 0.857 bits per heavy atom. The van der Waals surface area contributed by atoms with Crippen LogP contribution < -0.4 is 0 Å². The highest BCUT2D eigenvalue weighted by atomic mass is 35.5. The van der Waals surface area contributed by atoms with E-state index in [0.29, 0.717) is 0 Å². The molecule has 0 atom stereocenters. The van der Waals surface area contributed by atoms with E-state index in [9.17, 15) is 0 Å². The SMILES string of the molecule is Sc1ccc(-c2ccccc2Cl)cc1. The maximum absolute atomic E-state index is 6.08. The molecule has 0 aromatic heterocycles. The van der Waals surface area contributed by atoms with Gasteiger partial charge in [0.05, 0.1) is 0 Å². The molecule has 0 spiro atoms. The Bertz CT molecular complexity index is 434. The van der Waals surface area contributed by atoms with E-state index in [1.54, 1.807) is 0 Å². The highest BCUT2D eigenvalue weighted by molar-refractivity contribution is 7.80. The van der Waals surface area contributed by atoms with Gasteiger partial charge in [-0.1, -0.05) is 41.9 Å². The number of thiol groups is 1. The van der Waals surface area contributed by atoms with Gasteiger partial charge in [-0.3, -0.25) is 0 Å². The lowest BCUT2D eigenvalue weighted by atomic mass is 10.1. The molecule has 14 heavy (non-hydrogen) atoms. The maximum Gasteiger partial charge on any atom is 0.0484 e. The summed E-state index contributed by atoms with van der Waals surface area (Å²) in [5.41, 5.74) is 2.18. The Morgan fingerprint density at radius 2 is 1.50 bits per heavy atom. The zero-order valence-electron chi connectivity index (χ0n) is 7.44. The summed E-state index contributed by atoms with van der Waals surface area (Å²) in [5, 5.41) is 0.777. The van der Waals surface area contributed by atoms with Gasteiger partial charge in [-0.05, 0) is 23.8 Å². The minimum absolute atomic E-state index is 0.777. The Morgan fingerprint density at radius 3 is 2.14 bits per heavy atom. The normalized spacial score (nSPS) is 10.1. The van der Waals surface area contributed by atoms with Crippen molar-refractivity contribution in [2.75, 3.05) is 0 Å². The number of benzene rings is 2. The molecule has 2 aromatic carbocycles. The summed E-state index contributed by atoms with van der Waals surface area (Å²) in [4.78, 5) is 0.959. The van der Waals surface area contributed by atoms with Gasteiger partial charge < -0.3 is 0 Å². The van der Waals surface area contributed by atoms with Gasteiger partial charge >= 0.3 is 0 Å². The molecular weight excluding hydrogens is 212 g/mol. The fourth-order valence-electron chi connectivity index (χ4n) is 1.34. The van der Waals surface area contributed by atoms with Gasteiger partial charge in [-0.2, -0.15) is 0 Å². The van der Waals surface area contributed by atoms with E-state index in [-0.39, 0.29) is 0 Å². The molecule has 0 radical (unpaired) electrons. The van der Waals surface area contributed by atoms with Crippen molar-refractivity contribution < 1.29 is 0 Å². The minimum Gasteiger partial charge on any atom is -0.143 e. The van der Waals surface area contributed by atoms with Crippen molar-refractivity contribution in [2.24, 2.45) is 0 Å². The monoisotopic (exact) mass is 220 g/mol. The van der Waals surface area contributed by atoms with Crippen LogP contribution in [0.15, 0.2) is 53.4 Å². The van der Waals surface area contributed by atoms with Gasteiger partial charge in [0.15, 0.2) is 0 Å². The molecule has 0 N–H and O–H groups in total. The molecule has 2 rings (SSSR count). The first-order valence-corrected chi connectivity index (χ1v) is 5.14. The molecule has 0 saturated carbocycles. The van der Waals surface area contributed by atoms with E-state index in [2.05, 4.69) is 12.6 Å². The molecule has 0 nitrogen and oxygen atoms in total. The predicted octanol–water partition coefficient (Wildman–Crippen LogP) is 4.30. The van der Waals surface area contributed by atoms with Crippen LogP contribution in [0.25, 0.3) is 11.1 Å². The number of hydrogen-bond acceptors (Lipinski definition) is 1. The second-order valence-corrected chi connectivity index (χ2v) is 3.95. The summed E-state index contributed by atoms with van der Waals surface area (Å²) in [7, 11) is 0. The van der Waals surface area contributed by atoms with E-state index in [1.165, 1.54) is 0 Å². The van der Waals surface area contributed by atoms with Crippen molar-refractivity contribution in [1.82, 2.24) is 0 Å². The van der Waals surface area contributed by atoms with Crippen molar-refractivity contribution >= 4 is 24.2 Å². The van der Waals surface area contributed by atoms with Crippen molar-refractivity contribution in [3.05, 3.63) is 53.6 Å². The third-order valence-corrected chi connectivity index (χ3v) is 2.68. The summed E-state index contributed by atoms with van der Waals surface area (Å²) >= 11 is 10.3. The highest BCUT2D eigenvalue weighted by Crippen LogP contribution is 2.27. The lowest BCUT2D eigenvalue weighted by Gasteiger charge is -2.03. The van der Waals surface area contributed by atoms with Crippen LogP contribution >= 0.6 is 24.2 Å². The van der Waals surface area contributed by atoms with Gasteiger partial charge in [0.1, 0.15) is 0 Å². The fourth-order valence-corrected chi connectivity index (χ4v) is 1.73. The second kappa shape index (κ2) is 4.07. The first kappa shape index (κ1) is 9.63. The molecule has 2 heteroatoms. The first-order valence-electron chi connectivity index (χ1n) is 4.31. The molecule has 0 aliphatic heterocycles. The first-order chi connectivity index (χ1) is 6.77. The summed E-state index contributed by atoms with van der Waals surface area (Å²) < 4.78 is 0. The Balaban J connectivity index is 2.50. The number of halogens is 1. The molecular formula is C12H9ClS. The smallest absolute Gasteiger partial charge is 0.0484 e. The van der Waals surface area contributed by atoms with E-state index in [0.717, 1.165) is 21.0 Å². The van der Waals surface area contributed by atoms with Gasteiger partial charge in [0, 0.05) is 15.5 Å². The van der Waals surface area contributed by atoms with Crippen LogP contribution in [0.5, 0.6) is 0 Å². The maximum atomic E-state index is 6.08. The largest absolute Gasteiger partial charge is 0.143 e. The van der Waals surface area contributed by atoms with Crippen LogP contribution in [-0.4, -0.2) is 0 Å². The van der Waals surface area contributed by atoms with Crippen molar-refractivity contribution in [1.29, 1.82) is 0 Å². The molecule has 0 amide bonds. The van der Waals surface area contributed by atoms with Crippen LogP contribution in [0, 0.1) is 0 Å². The van der Waals surface area contributed by atoms with Crippen LogP contribution in [0.4, 0.5) is 0 Å². The Labute approximate surface area is 93.9 Å². The van der Waals surface area contributed by atoms with Gasteiger partial charge in [0.2, 0.25) is 0 Å². The highest BCUT2D eigenvalue weighted by Gasteiger charge is 2.00. The van der Waals surface area contributed by atoms with Crippen LogP contribution in [-0.2, 0) is 0 Å². The summed E-state index contributed by atoms with van der Waals surface area (Å²) in [6.45, 7) is 0. The molecule has 0 unspecified atom stereocenters. The molecule has 0 heterocycles. The molecule has 0 fully saturated rings. The van der Waals surface area contributed by atoms with Crippen molar-refractivity contribution in [3.8, 4) is 11.1 Å². The third kappa shape index (κ3) is 1.94. The molecule has 0 bridgehead atoms. The van der Waals surface area contributed by atoms with Crippen LogP contribution in [0.3, 0.4) is 0 Å². The Kier molecular flexibility index (Phi) is 2.80. The molecule has 2 aromatic rings. The van der Waals surface area contributed by atoms with Gasteiger partial charge in [0.25, 0.3) is 0 Å². The molecule has 70 valence electrons. The van der Waals surface area contributed by atoms with E-state index >= 15 is 0 Å². The fraction of sp³-hybridized carbons (Fsp3) is 0. The topological polar surface area (TPSA) is 0 Å². The van der Waals surface area contributed by atoms with E-state index in [4.69, 9.17) is 11.6 Å². The summed E-state index contributed by atoms with van der Waals surface area (Å²) in [5.74, 6) is 0. The number of rotatable bonds is 1. The average molecular weight is 221 g/mol. The second-order valence-electron chi connectivity index (χ2n) is 3.03. The number of hydrogen-bond donors (Lipinski definition) is 1. The average Bonchev–Trinajstić information content (AvgIpc) is 2.20. The minimum atomic E-state index is 0.777. The summed E-state index contributed by atoms with van der Waals surface area (Å²) in [6.07, 6.45) is 0. The zero-order chi connectivity index (χ0) is 9.97. The lowest BCUT2D eigenvalue weighted by molar-refractivity contribution is 1.47. The van der Waals surface area contributed by atoms with Crippen molar-refractivity contribution in [3.63, 3.8) is 0 Å².